The second-order valence-electron chi connectivity index (χ2n) is 5.15. The van der Waals surface area contributed by atoms with E-state index in [0.29, 0.717) is 23.2 Å². The van der Waals surface area contributed by atoms with Crippen molar-refractivity contribution in [2.75, 3.05) is 13.6 Å². The van der Waals surface area contributed by atoms with Gasteiger partial charge in [-0.3, -0.25) is 9.79 Å². The summed E-state index contributed by atoms with van der Waals surface area (Å²) in [6.07, 6.45) is 2.58. The summed E-state index contributed by atoms with van der Waals surface area (Å²) in [7, 11) is 1.72. The van der Waals surface area contributed by atoms with Gasteiger partial charge in [0, 0.05) is 31.9 Å². The van der Waals surface area contributed by atoms with Crippen LogP contribution in [-0.4, -0.2) is 30.4 Å². The number of rotatable bonds is 6. The average molecular weight is 474 g/mol. The number of benzene rings is 1. The van der Waals surface area contributed by atoms with Crippen molar-refractivity contribution in [2.45, 2.75) is 13.0 Å². The number of aliphatic imine (C=N–C) groups is 1. The standard InChI is InChI=1S/C17H20ClN5O.HI/c1-20-17(21-9-8-13-4-7-15(18)22-10-13)23-11-12-2-5-14(6-3-12)16(19)24;/h2-7,10H,8-9,11H2,1H3,(H2,19,24)(H2,20,21,23);1H. The van der Waals surface area contributed by atoms with Crippen LogP contribution in [0, 0.1) is 0 Å². The Morgan fingerprint density at radius 1 is 1.16 bits per heavy atom. The van der Waals surface area contributed by atoms with Crippen LogP contribution in [0.1, 0.15) is 21.5 Å². The van der Waals surface area contributed by atoms with Gasteiger partial charge in [0.05, 0.1) is 0 Å². The van der Waals surface area contributed by atoms with Gasteiger partial charge in [0.2, 0.25) is 5.91 Å². The zero-order chi connectivity index (χ0) is 17.4. The molecule has 1 aromatic heterocycles. The molecule has 0 unspecified atom stereocenters. The second kappa shape index (κ2) is 10.9. The van der Waals surface area contributed by atoms with E-state index in [1.165, 1.54) is 0 Å². The quantitative estimate of drug-likeness (QED) is 0.260. The van der Waals surface area contributed by atoms with Gasteiger partial charge in [-0.15, -0.1) is 24.0 Å². The maximum Gasteiger partial charge on any atom is 0.248 e. The molecule has 4 N–H and O–H groups in total. The van der Waals surface area contributed by atoms with Gasteiger partial charge in [-0.05, 0) is 35.7 Å². The van der Waals surface area contributed by atoms with Gasteiger partial charge in [0.15, 0.2) is 5.96 Å². The molecule has 2 rings (SSSR count). The predicted octanol–water partition coefficient (Wildman–Crippen LogP) is 2.36. The maximum absolute atomic E-state index is 11.0. The molecule has 0 aliphatic carbocycles. The number of primary amides is 1. The van der Waals surface area contributed by atoms with Gasteiger partial charge in [0.25, 0.3) is 0 Å². The van der Waals surface area contributed by atoms with Crippen LogP contribution in [0.2, 0.25) is 5.15 Å². The van der Waals surface area contributed by atoms with Crippen molar-refractivity contribution in [3.63, 3.8) is 0 Å². The molecule has 134 valence electrons. The highest BCUT2D eigenvalue weighted by atomic mass is 127. The fraction of sp³-hybridized carbons (Fsp3) is 0.235. The lowest BCUT2D eigenvalue weighted by molar-refractivity contribution is 0.100. The molecule has 0 atom stereocenters. The summed E-state index contributed by atoms with van der Waals surface area (Å²) in [4.78, 5) is 19.3. The van der Waals surface area contributed by atoms with E-state index in [4.69, 9.17) is 17.3 Å². The molecule has 2 aromatic rings. The van der Waals surface area contributed by atoms with Gasteiger partial charge in [-0.2, -0.15) is 0 Å². The summed E-state index contributed by atoms with van der Waals surface area (Å²) in [6, 6.07) is 10.9. The highest BCUT2D eigenvalue weighted by molar-refractivity contribution is 14.0. The second-order valence-corrected chi connectivity index (χ2v) is 5.54. The van der Waals surface area contributed by atoms with E-state index in [1.807, 2.05) is 18.2 Å². The van der Waals surface area contributed by atoms with E-state index in [-0.39, 0.29) is 24.0 Å². The normalized spacial score (nSPS) is 10.7. The Kier molecular flexibility index (Phi) is 9.22. The Morgan fingerprint density at radius 2 is 1.84 bits per heavy atom. The van der Waals surface area contributed by atoms with E-state index in [1.54, 1.807) is 31.4 Å². The van der Waals surface area contributed by atoms with Gasteiger partial charge in [0.1, 0.15) is 5.15 Å². The van der Waals surface area contributed by atoms with Crippen LogP contribution < -0.4 is 16.4 Å². The van der Waals surface area contributed by atoms with Gasteiger partial charge in [-0.25, -0.2) is 4.98 Å². The molecule has 0 saturated carbocycles. The monoisotopic (exact) mass is 473 g/mol. The lowest BCUT2D eigenvalue weighted by Crippen LogP contribution is -2.37. The van der Waals surface area contributed by atoms with Gasteiger partial charge < -0.3 is 16.4 Å². The third-order valence-electron chi connectivity index (χ3n) is 3.42. The van der Waals surface area contributed by atoms with Crippen molar-refractivity contribution in [3.05, 3.63) is 64.4 Å². The van der Waals surface area contributed by atoms with Crippen molar-refractivity contribution in [2.24, 2.45) is 10.7 Å². The Labute approximate surface area is 169 Å². The summed E-state index contributed by atoms with van der Waals surface area (Å²) >= 11 is 5.76. The number of hydrogen-bond acceptors (Lipinski definition) is 3. The van der Waals surface area contributed by atoms with Gasteiger partial charge in [-0.1, -0.05) is 29.8 Å². The number of carbonyl (C=O) groups is 1. The first-order valence-corrected chi connectivity index (χ1v) is 7.90. The molecule has 0 aliphatic rings. The number of halogens is 2. The molecule has 6 nitrogen and oxygen atoms in total. The van der Waals surface area contributed by atoms with Gasteiger partial charge >= 0.3 is 0 Å². The van der Waals surface area contributed by atoms with E-state index >= 15 is 0 Å². The fourth-order valence-corrected chi connectivity index (χ4v) is 2.18. The number of aromatic nitrogens is 1. The van der Waals surface area contributed by atoms with E-state index in [2.05, 4.69) is 20.6 Å². The number of nitrogens with two attached hydrogens (primary N) is 1. The molecule has 1 heterocycles. The Balaban J connectivity index is 0.00000312. The minimum Gasteiger partial charge on any atom is -0.366 e. The number of nitrogens with zero attached hydrogens (tertiary/aromatic N) is 2. The third-order valence-corrected chi connectivity index (χ3v) is 3.64. The number of hydrogen-bond donors (Lipinski definition) is 3. The van der Waals surface area contributed by atoms with E-state index < -0.39 is 5.91 Å². The van der Waals surface area contributed by atoms with Crippen molar-refractivity contribution >= 4 is 47.4 Å². The Hall–Kier alpha value is -1.87. The molecular formula is C17H21ClIN5O. The highest BCUT2D eigenvalue weighted by Crippen LogP contribution is 2.05. The minimum absolute atomic E-state index is 0. The van der Waals surface area contributed by atoms with E-state index in [9.17, 15) is 4.79 Å². The molecule has 0 spiro atoms. The third kappa shape index (κ3) is 7.27. The number of guanidine groups is 1. The SMILES string of the molecule is CN=C(NCCc1ccc(Cl)nc1)NCc1ccc(C(N)=O)cc1.I. The smallest absolute Gasteiger partial charge is 0.248 e. The lowest BCUT2D eigenvalue weighted by atomic mass is 10.1. The van der Waals surface area contributed by atoms with Crippen LogP contribution in [0.25, 0.3) is 0 Å². The minimum atomic E-state index is -0.427. The first-order valence-electron chi connectivity index (χ1n) is 7.52. The number of carbonyl (C=O) groups excluding carboxylic acids is 1. The predicted molar refractivity (Wildman–Crippen MR) is 112 cm³/mol. The number of amides is 1. The molecule has 1 amide bonds. The molecule has 0 aliphatic heterocycles. The van der Waals surface area contributed by atoms with Crippen LogP contribution in [-0.2, 0) is 13.0 Å². The van der Waals surface area contributed by atoms with Crippen LogP contribution in [0.5, 0.6) is 0 Å². The number of pyridine rings is 1. The zero-order valence-electron chi connectivity index (χ0n) is 13.8. The van der Waals surface area contributed by atoms with Crippen LogP contribution in [0.4, 0.5) is 0 Å². The molecule has 25 heavy (non-hydrogen) atoms. The number of nitrogens with one attached hydrogen (secondary N) is 2. The summed E-state index contributed by atoms with van der Waals surface area (Å²) in [5.41, 5.74) is 7.85. The van der Waals surface area contributed by atoms with Crippen molar-refractivity contribution in [3.8, 4) is 0 Å². The molecule has 0 fully saturated rings. The van der Waals surface area contributed by atoms with Crippen molar-refractivity contribution < 1.29 is 4.79 Å². The zero-order valence-corrected chi connectivity index (χ0v) is 16.9. The fourth-order valence-electron chi connectivity index (χ4n) is 2.07. The largest absolute Gasteiger partial charge is 0.366 e. The van der Waals surface area contributed by atoms with Crippen molar-refractivity contribution in [1.29, 1.82) is 0 Å². The van der Waals surface area contributed by atoms with Crippen molar-refractivity contribution in [1.82, 2.24) is 15.6 Å². The lowest BCUT2D eigenvalue weighted by Gasteiger charge is -2.12. The first kappa shape index (κ1) is 21.2. The summed E-state index contributed by atoms with van der Waals surface area (Å²) < 4.78 is 0. The first-order chi connectivity index (χ1) is 11.6. The summed E-state index contributed by atoms with van der Waals surface area (Å²) in [5, 5.41) is 6.94. The van der Waals surface area contributed by atoms with E-state index in [0.717, 1.165) is 24.1 Å². The Morgan fingerprint density at radius 3 is 2.40 bits per heavy atom. The average Bonchev–Trinajstić information content (AvgIpc) is 2.60. The van der Waals surface area contributed by atoms with Crippen LogP contribution >= 0.6 is 35.6 Å². The Bertz CT molecular complexity index is 704. The summed E-state index contributed by atoms with van der Waals surface area (Å²) in [6.45, 7) is 1.32. The maximum atomic E-state index is 11.0. The molecule has 8 heteroatoms. The van der Waals surface area contributed by atoms with Crippen LogP contribution in [0.15, 0.2) is 47.6 Å². The summed E-state index contributed by atoms with van der Waals surface area (Å²) in [5.74, 6) is 0.277. The molecular weight excluding hydrogens is 453 g/mol. The molecule has 0 radical (unpaired) electrons. The van der Waals surface area contributed by atoms with Crippen LogP contribution in [0.3, 0.4) is 0 Å². The topological polar surface area (TPSA) is 92.4 Å². The molecule has 1 aromatic carbocycles. The molecule has 0 saturated heterocycles. The molecule has 0 bridgehead atoms. The highest BCUT2D eigenvalue weighted by Gasteiger charge is 2.02.